The van der Waals surface area contributed by atoms with Crippen LogP contribution >= 0.6 is 11.6 Å². The third-order valence-corrected chi connectivity index (χ3v) is 2.88. The number of pyridine rings is 1. The molecule has 0 aliphatic heterocycles. The Labute approximate surface area is 123 Å². The van der Waals surface area contributed by atoms with Gasteiger partial charge in [-0.05, 0) is 43.2 Å². The molecule has 1 heterocycles. The van der Waals surface area contributed by atoms with Crippen molar-refractivity contribution in [2.75, 3.05) is 12.8 Å². The summed E-state index contributed by atoms with van der Waals surface area (Å²) in [5, 5.41) is 0.578. The van der Waals surface area contributed by atoms with E-state index >= 15 is 0 Å². The molecule has 0 aliphatic rings. The van der Waals surface area contributed by atoms with Crippen molar-refractivity contribution in [1.29, 1.82) is 0 Å². The number of aryl methyl sites for hydroxylation is 2. The molecule has 0 saturated heterocycles. The first-order valence-corrected chi connectivity index (χ1v) is 6.56. The van der Waals surface area contributed by atoms with Gasteiger partial charge in [0.05, 0.1) is 18.5 Å². The van der Waals surface area contributed by atoms with Crippen LogP contribution in [0.1, 0.15) is 18.2 Å². The van der Waals surface area contributed by atoms with Crippen molar-refractivity contribution in [3.05, 3.63) is 52.4 Å². The summed E-state index contributed by atoms with van der Waals surface area (Å²) in [6.07, 6.45) is 0.836. The van der Waals surface area contributed by atoms with Crippen LogP contribution in [-0.2, 0) is 6.42 Å². The van der Waals surface area contributed by atoms with Gasteiger partial charge >= 0.3 is 0 Å². The summed E-state index contributed by atoms with van der Waals surface area (Å²) in [5.74, 6) is 0.412. The standard InChI is InChI=1S/C8H12N2O.C7H6ClF/c1-3-7-6(9)4-5-8(10-7)11-2;1-5-4-6(8)2-3-7(5)9/h4-5H,3,9H2,1-2H3;2-4H,1H3. The molecule has 108 valence electrons. The number of nitrogen functional groups attached to an aromatic ring is 1. The van der Waals surface area contributed by atoms with Crippen LogP contribution in [0.15, 0.2) is 30.3 Å². The van der Waals surface area contributed by atoms with E-state index in [9.17, 15) is 4.39 Å². The van der Waals surface area contributed by atoms with Crippen molar-refractivity contribution in [1.82, 2.24) is 4.98 Å². The van der Waals surface area contributed by atoms with Gasteiger partial charge in [0.1, 0.15) is 5.82 Å². The number of rotatable bonds is 2. The van der Waals surface area contributed by atoms with Crippen LogP contribution in [0.5, 0.6) is 5.88 Å². The lowest BCUT2D eigenvalue weighted by Gasteiger charge is -2.03. The minimum atomic E-state index is -0.209. The number of nitrogens with zero attached hydrogens (tertiary/aromatic N) is 1. The average molecular weight is 297 g/mol. The Balaban J connectivity index is 0.000000204. The molecule has 5 heteroatoms. The van der Waals surface area contributed by atoms with E-state index in [0.29, 0.717) is 16.5 Å². The molecule has 0 spiro atoms. The van der Waals surface area contributed by atoms with E-state index in [1.807, 2.05) is 13.0 Å². The third-order valence-electron chi connectivity index (χ3n) is 2.65. The molecule has 0 bridgehead atoms. The summed E-state index contributed by atoms with van der Waals surface area (Å²) in [5.41, 5.74) is 7.85. The van der Waals surface area contributed by atoms with Crippen molar-refractivity contribution < 1.29 is 9.13 Å². The monoisotopic (exact) mass is 296 g/mol. The number of ether oxygens (including phenoxy) is 1. The van der Waals surface area contributed by atoms with E-state index in [2.05, 4.69) is 4.98 Å². The van der Waals surface area contributed by atoms with Gasteiger partial charge in [0, 0.05) is 11.1 Å². The SMILES string of the molecule is CCc1nc(OC)ccc1N.Cc1cc(Cl)ccc1F. The first-order chi connectivity index (χ1) is 9.47. The van der Waals surface area contributed by atoms with Crippen LogP contribution in [-0.4, -0.2) is 12.1 Å². The summed E-state index contributed by atoms with van der Waals surface area (Å²) in [6.45, 7) is 3.69. The lowest BCUT2D eigenvalue weighted by Crippen LogP contribution is -1.98. The van der Waals surface area contributed by atoms with Crippen LogP contribution in [0.2, 0.25) is 5.02 Å². The van der Waals surface area contributed by atoms with Gasteiger partial charge in [-0.1, -0.05) is 18.5 Å². The summed E-state index contributed by atoms with van der Waals surface area (Å²) >= 11 is 5.55. The fraction of sp³-hybridized carbons (Fsp3) is 0.267. The predicted molar refractivity (Wildman–Crippen MR) is 80.7 cm³/mol. The highest BCUT2D eigenvalue weighted by molar-refractivity contribution is 6.30. The minimum absolute atomic E-state index is 0.209. The number of hydrogen-bond acceptors (Lipinski definition) is 3. The molecule has 3 nitrogen and oxygen atoms in total. The molecule has 0 aliphatic carbocycles. The molecular formula is C15H18ClFN2O. The minimum Gasteiger partial charge on any atom is -0.481 e. The molecule has 2 N–H and O–H groups in total. The molecule has 1 aromatic heterocycles. The van der Waals surface area contributed by atoms with Gasteiger partial charge in [-0.2, -0.15) is 0 Å². The molecular weight excluding hydrogens is 279 g/mol. The number of aromatic nitrogens is 1. The Morgan fingerprint density at radius 3 is 2.50 bits per heavy atom. The topological polar surface area (TPSA) is 48.1 Å². The molecule has 20 heavy (non-hydrogen) atoms. The van der Waals surface area contributed by atoms with E-state index in [4.69, 9.17) is 22.1 Å². The van der Waals surface area contributed by atoms with Gasteiger partial charge in [0.15, 0.2) is 0 Å². The van der Waals surface area contributed by atoms with Crippen LogP contribution < -0.4 is 10.5 Å². The maximum Gasteiger partial charge on any atom is 0.213 e. The molecule has 0 amide bonds. The van der Waals surface area contributed by atoms with Gasteiger partial charge in [0.25, 0.3) is 0 Å². The zero-order valence-electron chi connectivity index (χ0n) is 11.8. The first kappa shape index (κ1) is 16.2. The fourth-order valence-corrected chi connectivity index (χ4v) is 1.72. The van der Waals surface area contributed by atoms with Crippen molar-refractivity contribution in [3.8, 4) is 5.88 Å². The Morgan fingerprint density at radius 1 is 1.30 bits per heavy atom. The van der Waals surface area contributed by atoms with Crippen LogP contribution in [0.25, 0.3) is 0 Å². The molecule has 2 rings (SSSR count). The Morgan fingerprint density at radius 2 is 2.00 bits per heavy atom. The quantitative estimate of drug-likeness (QED) is 0.910. The molecule has 0 unspecified atom stereocenters. The van der Waals surface area contributed by atoms with E-state index in [0.717, 1.165) is 17.8 Å². The zero-order chi connectivity index (χ0) is 15.1. The van der Waals surface area contributed by atoms with E-state index in [1.165, 1.54) is 12.1 Å². The molecule has 2 aromatic rings. The van der Waals surface area contributed by atoms with E-state index in [-0.39, 0.29) is 5.82 Å². The second-order valence-electron chi connectivity index (χ2n) is 4.14. The number of anilines is 1. The van der Waals surface area contributed by atoms with E-state index in [1.54, 1.807) is 26.2 Å². The van der Waals surface area contributed by atoms with Gasteiger partial charge < -0.3 is 10.5 Å². The van der Waals surface area contributed by atoms with Crippen molar-refractivity contribution in [3.63, 3.8) is 0 Å². The molecule has 0 atom stereocenters. The van der Waals surface area contributed by atoms with Crippen molar-refractivity contribution >= 4 is 17.3 Å². The normalized spacial score (nSPS) is 9.65. The number of benzene rings is 1. The average Bonchev–Trinajstić information content (AvgIpc) is 2.44. The Hall–Kier alpha value is -1.81. The number of halogens is 2. The second-order valence-corrected chi connectivity index (χ2v) is 4.57. The van der Waals surface area contributed by atoms with Crippen molar-refractivity contribution in [2.45, 2.75) is 20.3 Å². The fourth-order valence-electron chi connectivity index (χ4n) is 1.50. The largest absolute Gasteiger partial charge is 0.481 e. The van der Waals surface area contributed by atoms with E-state index < -0.39 is 0 Å². The summed E-state index contributed by atoms with van der Waals surface area (Å²) in [7, 11) is 1.60. The Kier molecular flexibility index (Phi) is 6.25. The number of methoxy groups -OCH3 is 1. The highest BCUT2D eigenvalue weighted by Crippen LogP contribution is 2.14. The molecule has 0 fully saturated rings. The lowest BCUT2D eigenvalue weighted by molar-refractivity contribution is 0.396. The first-order valence-electron chi connectivity index (χ1n) is 6.19. The number of hydrogen-bond donors (Lipinski definition) is 1. The Bertz CT molecular complexity index is 576. The van der Waals surface area contributed by atoms with Gasteiger partial charge in [0.2, 0.25) is 5.88 Å². The highest BCUT2D eigenvalue weighted by atomic mass is 35.5. The van der Waals surface area contributed by atoms with Gasteiger partial charge in [-0.3, -0.25) is 0 Å². The lowest BCUT2D eigenvalue weighted by atomic mass is 10.2. The van der Waals surface area contributed by atoms with Crippen LogP contribution in [0, 0.1) is 12.7 Å². The smallest absolute Gasteiger partial charge is 0.213 e. The van der Waals surface area contributed by atoms with Crippen molar-refractivity contribution in [2.24, 2.45) is 0 Å². The van der Waals surface area contributed by atoms with Crippen LogP contribution in [0.4, 0.5) is 10.1 Å². The maximum atomic E-state index is 12.4. The third kappa shape index (κ3) is 4.70. The molecule has 0 saturated carbocycles. The maximum absolute atomic E-state index is 12.4. The summed E-state index contributed by atoms with van der Waals surface area (Å²) in [4.78, 5) is 4.16. The molecule has 0 radical (unpaired) electrons. The summed E-state index contributed by atoms with van der Waals surface area (Å²) in [6, 6.07) is 8.05. The predicted octanol–water partition coefficient (Wildman–Crippen LogP) is 4.02. The zero-order valence-corrected chi connectivity index (χ0v) is 12.5. The summed E-state index contributed by atoms with van der Waals surface area (Å²) < 4.78 is 17.4. The highest BCUT2D eigenvalue weighted by Gasteiger charge is 1.99. The number of nitrogens with two attached hydrogens (primary N) is 1. The molecule has 1 aromatic carbocycles. The second kappa shape index (κ2) is 7.70. The van der Waals surface area contributed by atoms with Gasteiger partial charge in [-0.15, -0.1) is 0 Å². The van der Waals surface area contributed by atoms with Gasteiger partial charge in [-0.25, -0.2) is 9.37 Å². The van der Waals surface area contributed by atoms with Crippen LogP contribution in [0.3, 0.4) is 0 Å².